The number of hydrogen-bond acceptors (Lipinski definition) is 6. The highest BCUT2D eigenvalue weighted by molar-refractivity contribution is 6.03. The first-order valence-corrected chi connectivity index (χ1v) is 11.9. The molecule has 0 atom stereocenters. The number of aromatic nitrogens is 4. The maximum Gasteiger partial charge on any atom is 0.435 e. The molecule has 1 aliphatic rings. The second-order valence-electron chi connectivity index (χ2n) is 8.75. The second kappa shape index (κ2) is 10.7. The van der Waals surface area contributed by atoms with Crippen molar-refractivity contribution in [3.05, 3.63) is 89.5 Å². The molecule has 2 aromatic heterocycles. The topological polar surface area (TPSA) is 102 Å². The van der Waals surface area contributed by atoms with Gasteiger partial charge in [-0.05, 0) is 55.3 Å². The predicted molar refractivity (Wildman–Crippen MR) is 130 cm³/mol. The van der Waals surface area contributed by atoms with Gasteiger partial charge in [0.2, 0.25) is 0 Å². The molecule has 0 radical (unpaired) electrons. The lowest BCUT2D eigenvalue weighted by molar-refractivity contribution is -0.143. The smallest absolute Gasteiger partial charge is 0.435 e. The number of anilines is 1. The van der Waals surface area contributed by atoms with Crippen molar-refractivity contribution >= 4 is 17.5 Å². The third kappa shape index (κ3) is 5.60. The van der Waals surface area contributed by atoms with E-state index in [1.165, 1.54) is 36.5 Å². The van der Waals surface area contributed by atoms with Gasteiger partial charge in [0, 0.05) is 37.1 Å². The lowest BCUT2D eigenvalue weighted by Crippen LogP contribution is -2.28. The van der Waals surface area contributed by atoms with E-state index in [-0.39, 0.29) is 22.0 Å². The molecule has 14 heteroatoms. The number of nitrogens with one attached hydrogen (secondary N) is 1. The number of benzene rings is 2. The fourth-order valence-electron chi connectivity index (χ4n) is 4.09. The van der Waals surface area contributed by atoms with Gasteiger partial charge in [0.1, 0.15) is 17.2 Å². The van der Waals surface area contributed by atoms with E-state index >= 15 is 0 Å². The molecule has 1 saturated heterocycles. The van der Waals surface area contributed by atoms with Crippen molar-refractivity contribution in [3.8, 4) is 17.2 Å². The number of pyridine rings is 1. The maximum atomic E-state index is 13.8. The molecule has 2 amide bonds. The van der Waals surface area contributed by atoms with Crippen LogP contribution in [0, 0.1) is 11.6 Å². The molecule has 1 N–H and O–H groups in total. The fourth-order valence-corrected chi connectivity index (χ4v) is 4.09. The number of carbonyl (C=O) groups excluding carboxylic acids is 2. The van der Waals surface area contributed by atoms with Crippen LogP contribution in [0.2, 0.25) is 0 Å². The summed E-state index contributed by atoms with van der Waals surface area (Å²) in [4.78, 5) is 31.1. The van der Waals surface area contributed by atoms with Crippen LogP contribution in [-0.4, -0.2) is 49.8 Å². The SMILES string of the molecule is O=C(Nc1ccc(Oc2ccnc(C(=O)N3CCCC3)c2)cc1)c1nnn(-c2ccc(F)c(F)c2)c1C(F)(F)F. The van der Waals surface area contributed by atoms with Crippen LogP contribution in [0.25, 0.3) is 5.69 Å². The van der Waals surface area contributed by atoms with Crippen LogP contribution >= 0.6 is 0 Å². The largest absolute Gasteiger partial charge is 0.457 e. The number of alkyl halides is 3. The Morgan fingerprint density at radius 3 is 2.30 bits per heavy atom. The molecule has 40 heavy (non-hydrogen) atoms. The molecule has 0 saturated carbocycles. The van der Waals surface area contributed by atoms with Crippen molar-refractivity contribution in [1.29, 1.82) is 0 Å². The van der Waals surface area contributed by atoms with E-state index in [1.54, 1.807) is 11.0 Å². The van der Waals surface area contributed by atoms with Crippen LogP contribution in [0.4, 0.5) is 27.6 Å². The average Bonchev–Trinajstić information content (AvgIpc) is 3.62. The fraction of sp³-hybridized carbons (Fsp3) is 0.192. The zero-order valence-corrected chi connectivity index (χ0v) is 20.5. The minimum Gasteiger partial charge on any atom is -0.457 e. The lowest BCUT2D eigenvalue weighted by atomic mass is 10.2. The first-order chi connectivity index (χ1) is 19.1. The normalized spacial score (nSPS) is 13.4. The van der Waals surface area contributed by atoms with Crippen LogP contribution in [0.3, 0.4) is 0 Å². The number of likely N-dealkylation sites (tertiary alicyclic amines) is 1. The second-order valence-corrected chi connectivity index (χ2v) is 8.75. The number of halogens is 5. The Bertz CT molecular complexity index is 1570. The number of rotatable bonds is 6. The highest BCUT2D eigenvalue weighted by atomic mass is 19.4. The standard InChI is InChI=1S/C26H19F5N6O3/c27-19-8-5-16(13-20(19)28)37-23(26(29,30)31)22(34-35-37)24(38)33-15-3-6-17(7-4-15)40-18-9-10-32-21(14-18)25(39)36-11-1-2-12-36/h3-10,13-14H,1-2,11-12H2,(H,33,38). The van der Waals surface area contributed by atoms with Gasteiger partial charge < -0.3 is 15.0 Å². The Hall–Kier alpha value is -4.88. The number of hydrogen-bond donors (Lipinski definition) is 1. The summed E-state index contributed by atoms with van der Waals surface area (Å²) in [5, 5.41) is 8.97. The molecule has 0 bridgehead atoms. The molecular weight excluding hydrogens is 539 g/mol. The van der Waals surface area contributed by atoms with Crippen molar-refractivity contribution < 1.29 is 36.3 Å². The summed E-state index contributed by atoms with van der Waals surface area (Å²) in [6, 6.07) is 10.8. The molecule has 1 aliphatic heterocycles. The predicted octanol–water partition coefficient (Wildman–Crippen LogP) is 5.24. The van der Waals surface area contributed by atoms with E-state index < -0.39 is 40.8 Å². The van der Waals surface area contributed by atoms with E-state index in [1.807, 2.05) is 0 Å². The average molecular weight is 558 g/mol. The van der Waals surface area contributed by atoms with Crippen LogP contribution < -0.4 is 10.1 Å². The molecule has 3 heterocycles. The van der Waals surface area contributed by atoms with Gasteiger partial charge in [-0.2, -0.15) is 13.2 Å². The lowest BCUT2D eigenvalue weighted by Gasteiger charge is -2.15. The highest BCUT2D eigenvalue weighted by Crippen LogP contribution is 2.33. The molecule has 2 aromatic carbocycles. The molecule has 1 fully saturated rings. The third-order valence-corrected chi connectivity index (χ3v) is 5.99. The van der Waals surface area contributed by atoms with Crippen LogP contribution in [-0.2, 0) is 6.18 Å². The summed E-state index contributed by atoms with van der Waals surface area (Å²) in [5.41, 5.74) is -2.74. The minimum atomic E-state index is -5.10. The third-order valence-electron chi connectivity index (χ3n) is 5.99. The van der Waals surface area contributed by atoms with Gasteiger partial charge in [-0.15, -0.1) is 5.10 Å². The van der Waals surface area contributed by atoms with Gasteiger partial charge in [-0.25, -0.2) is 13.5 Å². The summed E-state index contributed by atoms with van der Waals surface area (Å²) in [6.07, 6.45) is -1.78. The van der Waals surface area contributed by atoms with Gasteiger partial charge in [0.15, 0.2) is 23.0 Å². The van der Waals surface area contributed by atoms with Gasteiger partial charge in [-0.1, -0.05) is 5.21 Å². The first kappa shape index (κ1) is 26.7. The molecule has 4 aromatic rings. The van der Waals surface area contributed by atoms with E-state index in [2.05, 4.69) is 20.6 Å². The first-order valence-electron chi connectivity index (χ1n) is 11.9. The molecule has 0 aliphatic carbocycles. The van der Waals surface area contributed by atoms with Gasteiger partial charge in [0.05, 0.1) is 5.69 Å². The number of nitrogens with zero attached hydrogens (tertiary/aromatic N) is 5. The van der Waals surface area contributed by atoms with Crippen LogP contribution in [0.15, 0.2) is 60.8 Å². The molecular formula is C26H19F5N6O3. The summed E-state index contributed by atoms with van der Waals surface area (Å²) in [5.74, 6) is -3.41. The van der Waals surface area contributed by atoms with Crippen molar-refractivity contribution in [3.63, 3.8) is 0 Å². The summed E-state index contributed by atoms with van der Waals surface area (Å²) in [7, 11) is 0. The van der Waals surface area contributed by atoms with E-state index in [0.29, 0.717) is 36.7 Å². The van der Waals surface area contributed by atoms with Gasteiger partial charge >= 0.3 is 6.18 Å². The Balaban J connectivity index is 1.31. The van der Waals surface area contributed by atoms with Gasteiger partial charge in [0.25, 0.3) is 11.8 Å². The van der Waals surface area contributed by atoms with E-state index in [9.17, 15) is 31.5 Å². The number of amides is 2. The molecule has 9 nitrogen and oxygen atoms in total. The van der Waals surface area contributed by atoms with Crippen molar-refractivity contribution in [2.75, 3.05) is 18.4 Å². The summed E-state index contributed by atoms with van der Waals surface area (Å²) < 4.78 is 74.3. The zero-order chi connectivity index (χ0) is 28.4. The van der Waals surface area contributed by atoms with E-state index in [0.717, 1.165) is 18.9 Å². The van der Waals surface area contributed by atoms with Gasteiger partial charge in [-0.3, -0.25) is 14.6 Å². The maximum absolute atomic E-state index is 13.8. The Morgan fingerprint density at radius 1 is 0.900 bits per heavy atom. The van der Waals surface area contributed by atoms with Crippen molar-refractivity contribution in [1.82, 2.24) is 24.9 Å². The Morgan fingerprint density at radius 2 is 1.62 bits per heavy atom. The monoisotopic (exact) mass is 558 g/mol. The molecule has 0 unspecified atom stereocenters. The Kier molecular flexibility index (Phi) is 7.15. The number of carbonyl (C=O) groups is 2. The zero-order valence-electron chi connectivity index (χ0n) is 20.5. The molecule has 0 spiro atoms. The molecule has 5 rings (SSSR count). The van der Waals surface area contributed by atoms with Crippen LogP contribution in [0.1, 0.15) is 39.5 Å². The summed E-state index contributed by atoms with van der Waals surface area (Å²) >= 11 is 0. The highest BCUT2D eigenvalue weighted by Gasteiger charge is 2.42. The molecule has 206 valence electrons. The van der Waals surface area contributed by atoms with Crippen LogP contribution in [0.5, 0.6) is 11.5 Å². The Labute approximate surface area is 223 Å². The quantitative estimate of drug-likeness (QED) is 0.325. The van der Waals surface area contributed by atoms with Crippen molar-refractivity contribution in [2.45, 2.75) is 19.0 Å². The summed E-state index contributed by atoms with van der Waals surface area (Å²) in [6.45, 7) is 1.34. The number of ether oxygens (including phenoxy) is 1. The minimum absolute atomic E-state index is 0.118. The van der Waals surface area contributed by atoms with E-state index in [4.69, 9.17) is 4.74 Å². The van der Waals surface area contributed by atoms with Crippen molar-refractivity contribution in [2.24, 2.45) is 0 Å².